The van der Waals surface area contributed by atoms with Gasteiger partial charge in [0.1, 0.15) is 23.2 Å². The van der Waals surface area contributed by atoms with E-state index in [1.165, 1.54) is 0 Å². The number of nitro benzene ring substituents is 1. The number of aromatic hydroxyl groups is 1. The highest BCUT2D eigenvalue weighted by atomic mass is 79.9. The number of aromatic nitrogens is 2. The molecule has 1 aromatic heterocycles. The van der Waals surface area contributed by atoms with Crippen LogP contribution < -0.4 is 11.5 Å². The van der Waals surface area contributed by atoms with Crippen molar-refractivity contribution in [2.24, 2.45) is 0 Å². The summed E-state index contributed by atoms with van der Waals surface area (Å²) in [6.07, 6.45) is 0. The quantitative estimate of drug-likeness (QED) is 0.541. The van der Waals surface area contributed by atoms with Gasteiger partial charge in [-0.25, -0.2) is 4.98 Å². The molecule has 1 aromatic carbocycles. The summed E-state index contributed by atoms with van der Waals surface area (Å²) in [5.41, 5.74) is 10.5. The fourth-order valence-corrected chi connectivity index (χ4v) is 2.12. The van der Waals surface area contributed by atoms with E-state index in [1.54, 1.807) is 6.07 Å². The number of nitrogens with zero attached hydrogens (tertiary/aromatic N) is 4. The van der Waals surface area contributed by atoms with Gasteiger partial charge in [-0.05, 0) is 15.9 Å². The summed E-state index contributed by atoms with van der Waals surface area (Å²) in [5.74, 6) is -0.722. The smallest absolute Gasteiger partial charge is 0.271 e. The van der Waals surface area contributed by atoms with Crippen molar-refractivity contribution in [1.82, 2.24) is 9.97 Å². The summed E-state index contributed by atoms with van der Waals surface area (Å²) in [6.45, 7) is 0. The molecule has 0 unspecified atom stereocenters. The molecule has 9 nitrogen and oxygen atoms in total. The molecule has 0 aliphatic carbocycles. The Labute approximate surface area is 126 Å². The molecule has 106 valence electrons. The van der Waals surface area contributed by atoms with Crippen molar-refractivity contribution in [3.8, 4) is 23.1 Å². The Bertz CT molecular complexity index is 802. The van der Waals surface area contributed by atoms with Crippen LogP contribution in [0.3, 0.4) is 0 Å². The maximum atomic E-state index is 10.9. The maximum Gasteiger partial charge on any atom is 0.271 e. The molecule has 0 radical (unpaired) electrons. The first kappa shape index (κ1) is 14.5. The van der Waals surface area contributed by atoms with Crippen LogP contribution in [0.4, 0.5) is 17.5 Å². The van der Waals surface area contributed by atoms with E-state index < -0.39 is 4.92 Å². The van der Waals surface area contributed by atoms with Crippen LogP contribution in [0.15, 0.2) is 16.6 Å². The monoisotopic (exact) mass is 350 g/mol. The number of hydrogen-bond acceptors (Lipinski definition) is 8. The number of phenols is 1. The van der Waals surface area contributed by atoms with Crippen LogP contribution in [0.1, 0.15) is 5.56 Å². The highest BCUT2D eigenvalue weighted by Gasteiger charge is 2.21. The predicted octanol–water partition coefficient (Wildman–Crippen LogP) is 1.56. The molecule has 2 rings (SSSR count). The van der Waals surface area contributed by atoms with Gasteiger partial charge in [0.2, 0.25) is 5.95 Å². The summed E-state index contributed by atoms with van der Waals surface area (Å²) in [5, 5.41) is 30.0. The molecule has 2 aromatic rings. The average molecular weight is 351 g/mol. The van der Waals surface area contributed by atoms with E-state index in [-0.39, 0.29) is 44.5 Å². The second-order valence-electron chi connectivity index (χ2n) is 3.88. The molecule has 10 heteroatoms. The van der Waals surface area contributed by atoms with Gasteiger partial charge in [0.25, 0.3) is 5.69 Å². The Balaban J connectivity index is 2.85. The first-order chi connectivity index (χ1) is 9.85. The van der Waals surface area contributed by atoms with Crippen LogP contribution in [-0.2, 0) is 0 Å². The zero-order valence-corrected chi connectivity index (χ0v) is 11.8. The summed E-state index contributed by atoms with van der Waals surface area (Å²) in [6, 6.07) is 3.98. The van der Waals surface area contributed by atoms with E-state index in [4.69, 9.17) is 16.7 Å². The summed E-state index contributed by atoms with van der Waals surface area (Å²) < 4.78 is 0.0753. The number of nitro groups is 1. The van der Waals surface area contributed by atoms with Gasteiger partial charge in [-0.3, -0.25) is 10.1 Å². The van der Waals surface area contributed by atoms with Crippen molar-refractivity contribution in [2.75, 3.05) is 11.5 Å². The van der Waals surface area contributed by atoms with E-state index in [9.17, 15) is 15.2 Å². The van der Waals surface area contributed by atoms with Gasteiger partial charge in [0.05, 0.1) is 20.7 Å². The number of nitrogens with two attached hydrogens (primary N) is 2. The zero-order valence-electron chi connectivity index (χ0n) is 10.2. The van der Waals surface area contributed by atoms with Gasteiger partial charge in [0.15, 0.2) is 0 Å². The maximum absolute atomic E-state index is 10.9. The molecule has 0 amide bonds. The standard InChI is InChI=1S/C11H7BrN6O3/c12-7-2-4(18(20)21)1-5(9(7)19)8-6(3-13)10(14)17-11(15)16-8/h1-2,19H,(H4,14,15,16,17). The van der Waals surface area contributed by atoms with Crippen molar-refractivity contribution < 1.29 is 10.0 Å². The van der Waals surface area contributed by atoms with Gasteiger partial charge in [-0.1, -0.05) is 0 Å². The topological polar surface area (TPSA) is 165 Å². The van der Waals surface area contributed by atoms with Crippen LogP contribution in [0, 0.1) is 21.4 Å². The molecule has 0 bridgehead atoms. The van der Waals surface area contributed by atoms with Gasteiger partial charge in [0, 0.05) is 12.1 Å². The molecule has 0 saturated carbocycles. The summed E-state index contributed by atoms with van der Waals surface area (Å²) >= 11 is 3.00. The van der Waals surface area contributed by atoms with E-state index in [2.05, 4.69) is 25.9 Å². The number of nitrogen functional groups attached to an aromatic ring is 2. The average Bonchev–Trinajstić information content (AvgIpc) is 2.40. The second-order valence-corrected chi connectivity index (χ2v) is 4.74. The lowest BCUT2D eigenvalue weighted by atomic mass is 10.1. The lowest BCUT2D eigenvalue weighted by molar-refractivity contribution is -0.384. The van der Waals surface area contributed by atoms with Crippen LogP contribution in [0.2, 0.25) is 0 Å². The molecule has 21 heavy (non-hydrogen) atoms. The number of anilines is 2. The zero-order chi connectivity index (χ0) is 15.7. The number of non-ortho nitro benzene ring substituents is 1. The van der Waals surface area contributed by atoms with Crippen molar-refractivity contribution >= 4 is 33.4 Å². The lowest BCUT2D eigenvalue weighted by Crippen LogP contribution is -2.05. The lowest BCUT2D eigenvalue weighted by Gasteiger charge is -2.09. The fourth-order valence-electron chi connectivity index (χ4n) is 1.67. The Morgan fingerprint density at radius 3 is 2.62 bits per heavy atom. The normalized spacial score (nSPS) is 10.1. The van der Waals surface area contributed by atoms with Crippen molar-refractivity contribution in [1.29, 1.82) is 5.26 Å². The molecule has 0 atom stereocenters. The van der Waals surface area contributed by atoms with Gasteiger partial charge in [-0.2, -0.15) is 10.2 Å². The first-order valence-corrected chi connectivity index (χ1v) is 6.14. The molecule has 0 spiro atoms. The molecule has 0 saturated heterocycles. The number of hydrogen-bond donors (Lipinski definition) is 3. The van der Waals surface area contributed by atoms with Gasteiger partial charge >= 0.3 is 0 Å². The molecule has 0 aliphatic heterocycles. The molecular formula is C11H7BrN6O3. The number of rotatable bonds is 2. The minimum atomic E-state index is -0.645. The Hall–Kier alpha value is -2.93. The third kappa shape index (κ3) is 2.54. The van der Waals surface area contributed by atoms with Crippen LogP contribution >= 0.6 is 15.9 Å². The van der Waals surface area contributed by atoms with Gasteiger partial charge in [-0.15, -0.1) is 0 Å². The molecule has 0 fully saturated rings. The number of halogens is 1. The SMILES string of the molecule is N#Cc1c(N)nc(N)nc1-c1cc([N+](=O)[O-])cc(Br)c1O. The highest BCUT2D eigenvalue weighted by molar-refractivity contribution is 9.10. The third-order valence-corrected chi connectivity index (χ3v) is 3.18. The summed E-state index contributed by atoms with van der Waals surface area (Å²) in [4.78, 5) is 17.7. The Morgan fingerprint density at radius 1 is 1.38 bits per heavy atom. The van der Waals surface area contributed by atoms with E-state index in [0.29, 0.717) is 0 Å². The van der Waals surface area contributed by atoms with Crippen molar-refractivity contribution in [3.63, 3.8) is 0 Å². The first-order valence-electron chi connectivity index (χ1n) is 5.35. The Morgan fingerprint density at radius 2 is 2.05 bits per heavy atom. The molecule has 5 N–H and O–H groups in total. The number of phenolic OH excluding ortho intramolecular Hbond substituents is 1. The molecular weight excluding hydrogens is 344 g/mol. The third-order valence-electron chi connectivity index (χ3n) is 2.58. The van der Waals surface area contributed by atoms with E-state index in [1.807, 2.05) is 0 Å². The highest BCUT2D eigenvalue weighted by Crippen LogP contribution is 2.40. The predicted molar refractivity (Wildman–Crippen MR) is 77.0 cm³/mol. The summed E-state index contributed by atoms with van der Waals surface area (Å²) in [7, 11) is 0. The van der Waals surface area contributed by atoms with Crippen LogP contribution in [-0.4, -0.2) is 20.0 Å². The minimum Gasteiger partial charge on any atom is -0.506 e. The van der Waals surface area contributed by atoms with Crippen molar-refractivity contribution in [3.05, 3.63) is 32.3 Å². The fraction of sp³-hybridized carbons (Fsp3) is 0. The van der Waals surface area contributed by atoms with E-state index in [0.717, 1.165) is 12.1 Å². The Kier molecular flexibility index (Phi) is 3.60. The number of benzene rings is 1. The molecule has 1 heterocycles. The van der Waals surface area contributed by atoms with Crippen LogP contribution in [0.5, 0.6) is 5.75 Å². The second kappa shape index (κ2) is 5.22. The van der Waals surface area contributed by atoms with E-state index >= 15 is 0 Å². The van der Waals surface area contributed by atoms with Crippen LogP contribution in [0.25, 0.3) is 11.3 Å². The largest absolute Gasteiger partial charge is 0.506 e. The molecule has 0 aliphatic rings. The van der Waals surface area contributed by atoms with Crippen molar-refractivity contribution in [2.45, 2.75) is 0 Å². The number of nitriles is 1. The van der Waals surface area contributed by atoms with Gasteiger partial charge < -0.3 is 16.6 Å². The minimum absolute atomic E-state index is 0.0478.